The lowest BCUT2D eigenvalue weighted by atomic mass is 10.1. The fraction of sp³-hybridized carbons (Fsp3) is 0.0714. The van der Waals surface area contributed by atoms with Crippen LogP contribution in [0.3, 0.4) is 0 Å². The van der Waals surface area contributed by atoms with Gasteiger partial charge in [0.25, 0.3) is 0 Å². The molecule has 90 valence electrons. The molecule has 2 aromatic rings. The molecule has 0 bridgehead atoms. The first kappa shape index (κ1) is 12.2. The number of rotatable bonds is 1. The highest BCUT2D eigenvalue weighted by Crippen LogP contribution is 2.31. The van der Waals surface area contributed by atoms with Gasteiger partial charge in [-0.05, 0) is 24.3 Å². The van der Waals surface area contributed by atoms with Crippen LogP contribution in [-0.4, -0.2) is 4.98 Å². The van der Waals surface area contributed by atoms with E-state index in [0.29, 0.717) is 16.8 Å². The van der Waals surface area contributed by atoms with Crippen molar-refractivity contribution in [1.29, 1.82) is 0 Å². The summed E-state index contributed by atoms with van der Waals surface area (Å²) >= 11 is 0. The largest absolute Gasteiger partial charge is 0.416 e. The summed E-state index contributed by atoms with van der Waals surface area (Å²) in [5.74, 6) is 2.40. The topological polar surface area (TPSA) is 12.9 Å². The number of hydrogen-bond acceptors (Lipinski definition) is 1. The van der Waals surface area contributed by atoms with Crippen molar-refractivity contribution >= 4 is 0 Å². The number of alkyl halides is 3. The van der Waals surface area contributed by atoms with Crippen molar-refractivity contribution in [3.8, 4) is 23.6 Å². The van der Waals surface area contributed by atoms with Crippen LogP contribution in [0.4, 0.5) is 13.2 Å². The molecular formula is C14H8F3N. The monoisotopic (exact) mass is 247 g/mol. The Morgan fingerprint density at radius 2 is 1.89 bits per heavy atom. The summed E-state index contributed by atoms with van der Waals surface area (Å²) in [5.41, 5.74) is 0.766. The Labute approximate surface area is 102 Å². The van der Waals surface area contributed by atoms with Gasteiger partial charge in [-0.3, -0.25) is 4.98 Å². The number of nitrogens with zero attached hydrogens (tertiary/aromatic N) is 1. The zero-order valence-electron chi connectivity index (χ0n) is 9.20. The van der Waals surface area contributed by atoms with Crippen molar-refractivity contribution in [1.82, 2.24) is 4.98 Å². The minimum Gasteiger partial charge on any atom is -0.255 e. The molecule has 2 rings (SSSR count). The number of halogens is 3. The average Bonchev–Trinajstić information content (AvgIpc) is 2.38. The van der Waals surface area contributed by atoms with Crippen LogP contribution in [0.15, 0.2) is 42.6 Å². The van der Waals surface area contributed by atoms with Gasteiger partial charge in [0, 0.05) is 17.3 Å². The quantitative estimate of drug-likeness (QED) is 0.699. The van der Waals surface area contributed by atoms with Gasteiger partial charge in [0.1, 0.15) is 0 Å². The molecule has 1 aromatic carbocycles. The molecular weight excluding hydrogens is 239 g/mol. The third-order valence-electron chi connectivity index (χ3n) is 2.42. The second kappa shape index (κ2) is 4.53. The van der Waals surface area contributed by atoms with Crippen molar-refractivity contribution in [3.05, 3.63) is 53.7 Å². The molecule has 0 aliphatic carbocycles. The lowest BCUT2D eigenvalue weighted by molar-refractivity contribution is -0.137. The van der Waals surface area contributed by atoms with Crippen molar-refractivity contribution < 1.29 is 13.2 Å². The van der Waals surface area contributed by atoms with Gasteiger partial charge in [0.15, 0.2) is 0 Å². The Bertz CT molecular complexity index is 592. The molecule has 4 heteroatoms. The number of benzene rings is 1. The summed E-state index contributed by atoms with van der Waals surface area (Å²) in [5, 5.41) is 0. The summed E-state index contributed by atoms with van der Waals surface area (Å²) in [4.78, 5) is 4.03. The van der Waals surface area contributed by atoms with Crippen LogP contribution in [-0.2, 0) is 6.18 Å². The van der Waals surface area contributed by atoms with E-state index < -0.39 is 11.7 Å². The Morgan fingerprint density at radius 3 is 2.44 bits per heavy atom. The molecule has 0 amide bonds. The van der Waals surface area contributed by atoms with Crippen LogP contribution in [0.25, 0.3) is 11.3 Å². The predicted molar refractivity (Wildman–Crippen MR) is 62.6 cm³/mol. The molecule has 1 heterocycles. The average molecular weight is 247 g/mol. The van der Waals surface area contributed by atoms with Crippen LogP contribution < -0.4 is 0 Å². The molecule has 0 N–H and O–H groups in total. The van der Waals surface area contributed by atoms with E-state index in [-0.39, 0.29) is 0 Å². The fourth-order valence-electron chi connectivity index (χ4n) is 1.50. The standard InChI is InChI=1S/C14H8F3N/c1-2-10-6-7-13(18-9-10)11-4-3-5-12(8-11)14(15,16)17/h1,3-9H. The highest BCUT2D eigenvalue weighted by atomic mass is 19.4. The summed E-state index contributed by atoms with van der Waals surface area (Å²) in [7, 11) is 0. The normalized spacial score (nSPS) is 11.0. The maximum absolute atomic E-state index is 12.6. The van der Waals surface area contributed by atoms with Crippen molar-refractivity contribution in [3.63, 3.8) is 0 Å². The van der Waals surface area contributed by atoms with Gasteiger partial charge < -0.3 is 0 Å². The lowest BCUT2D eigenvalue weighted by Gasteiger charge is -2.08. The zero-order valence-corrected chi connectivity index (χ0v) is 9.20. The zero-order chi connectivity index (χ0) is 13.2. The van der Waals surface area contributed by atoms with Crippen molar-refractivity contribution in [2.45, 2.75) is 6.18 Å². The van der Waals surface area contributed by atoms with E-state index >= 15 is 0 Å². The van der Waals surface area contributed by atoms with Gasteiger partial charge in [-0.25, -0.2) is 0 Å². The smallest absolute Gasteiger partial charge is 0.255 e. The summed E-state index contributed by atoms with van der Waals surface area (Å²) < 4.78 is 37.7. The molecule has 0 aliphatic rings. The number of hydrogen-bond donors (Lipinski definition) is 0. The first-order valence-electron chi connectivity index (χ1n) is 5.11. The fourth-order valence-corrected chi connectivity index (χ4v) is 1.50. The number of terminal acetylenes is 1. The maximum atomic E-state index is 12.6. The summed E-state index contributed by atoms with van der Waals surface area (Å²) in [6, 6.07) is 8.27. The summed E-state index contributed by atoms with van der Waals surface area (Å²) in [6.45, 7) is 0. The van der Waals surface area contributed by atoms with Crippen LogP contribution >= 0.6 is 0 Å². The molecule has 0 aliphatic heterocycles. The van der Waals surface area contributed by atoms with Gasteiger partial charge in [-0.1, -0.05) is 18.1 Å². The van der Waals surface area contributed by atoms with Gasteiger partial charge in [-0.15, -0.1) is 6.42 Å². The predicted octanol–water partition coefficient (Wildman–Crippen LogP) is 3.75. The van der Waals surface area contributed by atoms with E-state index in [4.69, 9.17) is 6.42 Å². The first-order chi connectivity index (χ1) is 8.50. The molecule has 0 radical (unpaired) electrons. The van der Waals surface area contributed by atoms with Crippen molar-refractivity contribution in [2.75, 3.05) is 0 Å². The molecule has 0 spiro atoms. The molecule has 1 nitrogen and oxygen atoms in total. The van der Waals surface area contributed by atoms with Gasteiger partial charge in [0.2, 0.25) is 0 Å². The van der Waals surface area contributed by atoms with Crippen LogP contribution in [0, 0.1) is 12.3 Å². The minimum atomic E-state index is -4.35. The van der Waals surface area contributed by atoms with E-state index in [9.17, 15) is 13.2 Å². The highest BCUT2D eigenvalue weighted by molar-refractivity contribution is 5.60. The first-order valence-corrected chi connectivity index (χ1v) is 5.11. The van der Waals surface area contributed by atoms with Crippen LogP contribution in [0.5, 0.6) is 0 Å². The van der Waals surface area contributed by atoms with E-state index in [1.807, 2.05) is 0 Å². The van der Waals surface area contributed by atoms with Gasteiger partial charge >= 0.3 is 6.18 Å². The summed E-state index contributed by atoms with van der Waals surface area (Å²) in [6.07, 6.45) is 2.28. The molecule has 0 saturated heterocycles. The van der Waals surface area contributed by atoms with Gasteiger partial charge in [-0.2, -0.15) is 13.2 Å². The molecule has 0 atom stereocenters. The highest BCUT2D eigenvalue weighted by Gasteiger charge is 2.30. The molecule has 0 saturated carbocycles. The minimum absolute atomic E-state index is 0.411. The van der Waals surface area contributed by atoms with Gasteiger partial charge in [0.05, 0.1) is 11.3 Å². The number of aromatic nitrogens is 1. The third kappa shape index (κ3) is 2.51. The van der Waals surface area contributed by atoms with E-state index in [0.717, 1.165) is 12.1 Å². The number of pyridine rings is 1. The Balaban J connectivity index is 2.42. The Hall–Kier alpha value is -2.28. The second-order valence-electron chi connectivity index (χ2n) is 3.66. The molecule has 0 fully saturated rings. The SMILES string of the molecule is C#Cc1ccc(-c2cccc(C(F)(F)F)c2)nc1. The molecule has 1 aromatic heterocycles. The maximum Gasteiger partial charge on any atom is 0.416 e. The van der Waals surface area contributed by atoms with E-state index in [1.54, 1.807) is 18.2 Å². The molecule has 18 heavy (non-hydrogen) atoms. The van der Waals surface area contributed by atoms with Crippen LogP contribution in [0.1, 0.15) is 11.1 Å². The Kier molecular flexibility index (Phi) is 3.07. The lowest BCUT2D eigenvalue weighted by Crippen LogP contribution is -2.04. The third-order valence-corrected chi connectivity index (χ3v) is 2.42. The van der Waals surface area contributed by atoms with E-state index in [1.165, 1.54) is 12.3 Å². The van der Waals surface area contributed by atoms with E-state index in [2.05, 4.69) is 10.9 Å². The van der Waals surface area contributed by atoms with Crippen LogP contribution in [0.2, 0.25) is 0 Å². The second-order valence-corrected chi connectivity index (χ2v) is 3.66. The molecule has 0 unspecified atom stereocenters. The Morgan fingerprint density at radius 1 is 1.11 bits per heavy atom. The van der Waals surface area contributed by atoms with Crippen molar-refractivity contribution in [2.24, 2.45) is 0 Å².